The van der Waals surface area contributed by atoms with E-state index in [2.05, 4.69) is 20.3 Å². The summed E-state index contributed by atoms with van der Waals surface area (Å²) in [6.45, 7) is 2.54. The Bertz CT molecular complexity index is 1150. The van der Waals surface area contributed by atoms with E-state index in [0.717, 1.165) is 22.3 Å². The van der Waals surface area contributed by atoms with Gasteiger partial charge in [-0.05, 0) is 36.8 Å². The summed E-state index contributed by atoms with van der Waals surface area (Å²) >= 11 is 0. The molecule has 0 aliphatic rings. The van der Waals surface area contributed by atoms with Gasteiger partial charge in [-0.15, -0.1) is 0 Å². The van der Waals surface area contributed by atoms with Crippen LogP contribution in [0.15, 0.2) is 65.7 Å². The topological polar surface area (TPSA) is 84.8 Å². The zero-order valence-electron chi connectivity index (χ0n) is 15.7. The van der Waals surface area contributed by atoms with Crippen molar-refractivity contribution in [2.75, 3.05) is 12.4 Å². The van der Waals surface area contributed by atoms with Gasteiger partial charge in [0.25, 0.3) is 5.56 Å². The van der Waals surface area contributed by atoms with Crippen LogP contribution in [0.25, 0.3) is 11.0 Å². The van der Waals surface area contributed by atoms with E-state index in [1.165, 1.54) is 6.07 Å². The molecule has 0 unspecified atom stereocenters. The third-order valence-corrected chi connectivity index (χ3v) is 4.71. The number of hydrogen-bond donors (Lipinski definition) is 2. The van der Waals surface area contributed by atoms with Crippen LogP contribution in [0.2, 0.25) is 0 Å². The number of methoxy groups -OCH3 is 1. The van der Waals surface area contributed by atoms with E-state index in [-0.39, 0.29) is 11.6 Å². The number of aromatic amines is 1. The minimum absolute atomic E-state index is 0.128. The third kappa shape index (κ3) is 3.59. The number of fused-ring (bicyclic) bond motifs is 1. The first kappa shape index (κ1) is 17.8. The standard InChI is InChI=1S/C21H21N5O2/c1-14(26-13-23-17-5-3-4-6-19(17)26)18-11-20(27)25-21(24-18)22-12-15-7-9-16(28-2)10-8-15/h3-11,13-14H,12H2,1-2H3,(H2,22,24,25,27)/t14-/m1/s1. The largest absolute Gasteiger partial charge is 0.497 e. The Balaban J connectivity index is 1.57. The molecule has 0 radical (unpaired) electrons. The summed E-state index contributed by atoms with van der Waals surface area (Å²) in [5, 5.41) is 3.18. The summed E-state index contributed by atoms with van der Waals surface area (Å²) in [5.74, 6) is 1.24. The van der Waals surface area contributed by atoms with Crippen molar-refractivity contribution < 1.29 is 4.74 Å². The van der Waals surface area contributed by atoms with E-state index in [1.807, 2.05) is 60.0 Å². The maximum atomic E-state index is 12.2. The Morgan fingerprint density at radius 1 is 1.18 bits per heavy atom. The summed E-state index contributed by atoms with van der Waals surface area (Å²) < 4.78 is 7.19. The molecule has 0 aliphatic carbocycles. The predicted molar refractivity (Wildman–Crippen MR) is 109 cm³/mol. The van der Waals surface area contributed by atoms with Crippen LogP contribution in [0.1, 0.15) is 24.2 Å². The highest BCUT2D eigenvalue weighted by Crippen LogP contribution is 2.22. The van der Waals surface area contributed by atoms with Gasteiger partial charge in [0.1, 0.15) is 5.75 Å². The van der Waals surface area contributed by atoms with Crippen molar-refractivity contribution in [1.29, 1.82) is 0 Å². The van der Waals surface area contributed by atoms with Crippen molar-refractivity contribution in [3.05, 3.63) is 82.5 Å². The second kappa shape index (κ2) is 7.56. The first-order valence-electron chi connectivity index (χ1n) is 9.03. The highest BCUT2D eigenvalue weighted by atomic mass is 16.5. The van der Waals surface area contributed by atoms with Gasteiger partial charge in [0.2, 0.25) is 5.95 Å². The lowest BCUT2D eigenvalue weighted by Crippen LogP contribution is -2.17. The number of nitrogens with one attached hydrogen (secondary N) is 2. The molecule has 0 fully saturated rings. The van der Waals surface area contributed by atoms with Crippen LogP contribution in [0.5, 0.6) is 5.75 Å². The minimum atomic E-state index is -0.196. The first-order chi connectivity index (χ1) is 13.6. The number of benzene rings is 2. The molecule has 2 N–H and O–H groups in total. The molecule has 1 atom stereocenters. The SMILES string of the molecule is COc1ccc(CNc2nc([C@@H](C)n3cnc4ccccc43)cc(=O)[nH]2)cc1. The van der Waals surface area contributed by atoms with Gasteiger partial charge < -0.3 is 14.6 Å². The number of para-hydroxylation sites is 2. The van der Waals surface area contributed by atoms with Crippen LogP contribution in [0.4, 0.5) is 5.95 Å². The molecule has 0 amide bonds. The summed E-state index contributed by atoms with van der Waals surface area (Å²) in [6.07, 6.45) is 1.78. The van der Waals surface area contributed by atoms with E-state index in [4.69, 9.17) is 4.74 Å². The average molecular weight is 375 g/mol. The van der Waals surface area contributed by atoms with Gasteiger partial charge in [-0.25, -0.2) is 9.97 Å². The zero-order valence-corrected chi connectivity index (χ0v) is 15.7. The summed E-state index contributed by atoms with van der Waals surface area (Å²) in [7, 11) is 1.64. The second-order valence-corrected chi connectivity index (χ2v) is 6.54. The fraction of sp³-hybridized carbons (Fsp3) is 0.190. The maximum absolute atomic E-state index is 12.2. The summed E-state index contributed by atoms with van der Waals surface area (Å²) in [4.78, 5) is 23.9. The van der Waals surface area contributed by atoms with Gasteiger partial charge in [-0.1, -0.05) is 24.3 Å². The normalized spacial score (nSPS) is 12.1. The molecule has 0 bridgehead atoms. The molecule has 0 aliphatic heterocycles. The van der Waals surface area contributed by atoms with Crippen molar-refractivity contribution in [2.24, 2.45) is 0 Å². The molecule has 7 nitrogen and oxygen atoms in total. The molecular formula is C21H21N5O2. The molecule has 2 aromatic carbocycles. The number of H-pyrrole nitrogens is 1. The van der Waals surface area contributed by atoms with E-state index in [1.54, 1.807) is 13.4 Å². The molecule has 0 saturated heterocycles. The highest BCUT2D eigenvalue weighted by molar-refractivity contribution is 5.75. The summed E-state index contributed by atoms with van der Waals surface area (Å²) in [6, 6.07) is 17.0. The van der Waals surface area contributed by atoms with Crippen molar-refractivity contribution in [1.82, 2.24) is 19.5 Å². The average Bonchev–Trinajstić information content (AvgIpc) is 3.16. The Hall–Kier alpha value is -3.61. The first-order valence-corrected chi connectivity index (χ1v) is 9.03. The van der Waals surface area contributed by atoms with Crippen LogP contribution in [-0.2, 0) is 6.54 Å². The van der Waals surface area contributed by atoms with Crippen molar-refractivity contribution in [3.8, 4) is 5.75 Å². The molecule has 142 valence electrons. The lowest BCUT2D eigenvalue weighted by Gasteiger charge is -2.15. The fourth-order valence-corrected chi connectivity index (χ4v) is 3.13. The Morgan fingerprint density at radius 3 is 2.75 bits per heavy atom. The Morgan fingerprint density at radius 2 is 1.96 bits per heavy atom. The van der Waals surface area contributed by atoms with Gasteiger partial charge in [-0.2, -0.15) is 0 Å². The van der Waals surface area contributed by atoms with Crippen molar-refractivity contribution >= 4 is 17.0 Å². The smallest absolute Gasteiger partial charge is 0.252 e. The van der Waals surface area contributed by atoms with E-state index < -0.39 is 0 Å². The van der Waals surface area contributed by atoms with Crippen LogP contribution in [-0.4, -0.2) is 26.6 Å². The van der Waals surface area contributed by atoms with Gasteiger partial charge in [0.05, 0.1) is 36.2 Å². The number of imidazole rings is 1. The monoisotopic (exact) mass is 375 g/mol. The molecule has 4 aromatic rings. The lowest BCUT2D eigenvalue weighted by atomic mass is 10.2. The lowest BCUT2D eigenvalue weighted by molar-refractivity contribution is 0.414. The van der Waals surface area contributed by atoms with Crippen LogP contribution >= 0.6 is 0 Å². The van der Waals surface area contributed by atoms with Crippen LogP contribution in [0, 0.1) is 0 Å². The van der Waals surface area contributed by atoms with Gasteiger partial charge in [-0.3, -0.25) is 9.78 Å². The van der Waals surface area contributed by atoms with Gasteiger partial charge in [0, 0.05) is 12.6 Å². The highest BCUT2D eigenvalue weighted by Gasteiger charge is 2.14. The maximum Gasteiger partial charge on any atom is 0.252 e. The van der Waals surface area contributed by atoms with Crippen molar-refractivity contribution in [3.63, 3.8) is 0 Å². The molecule has 28 heavy (non-hydrogen) atoms. The summed E-state index contributed by atoms with van der Waals surface area (Å²) in [5.41, 5.74) is 3.45. The fourth-order valence-electron chi connectivity index (χ4n) is 3.13. The number of aromatic nitrogens is 4. The Kier molecular flexibility index (Phi) is 4.80. The second-order valence-electron chi connectivity index (χ2n) is 6.54. The number of hydrogen-bond acceptors (Lipinski definition) is 5. The molecule has 2 heterocycles. The molecule has 2 aromatic heterocycles. The van der Waals surface area contributed by atoms with E-state index in [0.29, 0.717) is 18.2 Å². The number of rotatable bonds is 6. The number of nitrogens with zero attached hydrogens (tertiary/aromatic N) is 3. The number of ether oxygens (including phenoxy) is 1. The molecule has 4 rings (SSSR count). The van der Waals surface area contributed by atoms with E-state index in [9.17, 15) is 4.79 Å². The molecule has 0 spiro atoms. The Labute approximate surface area is 162 Å². The third-order valence-electron chi connectivity index (χ3n) is 4.71. The van der Waals surface area contributed by atoms with Crippen LogP contribution < -0.4 is 15.6 Å². The van der Waals surface area contributed by atoms with Gasteiger partial charge >= 0.3 is 0 Å². The van der Waals surface area contributed by atoms with Crippen LogP contribution in [0.3, 0.4) is 0 Å². The molecule has 0 saturated carbocycles. The molecular weight excluding hydrogens is 354 g/mol. The minimum Gasteiger partial charge on any atom is -0.497 e. The zero-order chi connectivity index (χ0) is 19.5. The van der Waals surface area contributed by atoms with Gasteiger partial charge in [0.15, 0.2) is 0 Å². The van der Waals surface area contributed by atoms with Crippen molar-refractivity contribution in [2.45, 2.75) is 19.5 Å². The number of anilines is 1. The predicted octanol–water partition coefficient (Wildman–Crippen LogP) is 3.35. The van der Waals surface area contributed by atoms with E-state index >= 15 is 0 Å². The quantitative estimate of drug-likeness (QED) is 0.540. The molecule has 7 heteroatoms.